The number of amides is 2. The van der Waals surface area contributed by atoms with E-state index in [2.05, 4.69) is 40.5 Å². The zero-order chi connectivity index (χ0) is 38.0. The Morgan fingerprint density at radius 2 is 1.31 bits per heavy atom. The van der Waals surface area contributed by atoms with Crippen molar-refractivity contribution in [1.29, 1.82) is 0 Å². The van der Waals surface area contributed by atoms with E-state index in [1.54, 1.807) is 43.1 Å². The van der Waals surface area contributed by atoms with Gasteiger partial charge in [0.15, 0.2) is 0 Å². The van der Waals surface area contributed by atoms with Gasteiger partial charge >= 0.3 is 0 Å². The molecule has 2 fully saturated rings. The quantitative estimate of drug-likeness (QED) is 0.106. The van der Waals surface area contributed by atoms with E-state index in [-0.39, 0.29) is 41.3 Å². The van der Waals surface area contributed by atoms with Crippen LogP contribution in [0.5, 0.6) is 0 Å². The molecular formula is C38H40N14O2. The minimum Gasteiger partial charge on any atom is -0.397 e. The SMILES string of the molecule is Cc1c(N)cncc1-c1cc2cc(NC(=O)C3C[C@H]3C(N)c3ncc(-c4cc5cc(NC(=O)[C@H]6C[C@@H]6CN)ncc5c(N)n4)c(C)c3N)ncc2c(N)n1. The van der Waals surface area contributed by atoms with Crippen LogP contribution in [0.2, 0.25) is 0 Å². The minimum absolute atomic E-state index is 0.0921. The summed E-state index contributed by atoms with van der Waals surface area (Å²) in [6, 6.07) is 6.66. The van der Waals surface area contributed by atoms with Crippen LogP contribution in [0, 0.1) is 37.5 Å². The molecule has 0 saturated heterocycles. The predicted molar refractivity (Wildman–Crippen MR) is 209 cm³/mol. The van der Waals surface area contributed by atoms with Gasteiger partial charge in [0.25, 0.3) is 0 Å². The van der Waals surface area contributed by atoms with Crippen LogP contribution < -0.4 is 45.0 Å². The molecule has 8 rings (SSSR count). The lowest BCUT2D eigenvalue weighted by atomic mass is 9.98. The van der Waals surface area contributed by atoms with Gasteiger partial charge in [0.05, 0.1) is 40.7 Å². The number of aromatic nitrogens is 6. The van der Waals surface area contributed by atoms with Crippen molar-refractivity contribution in [2.45, 2.75) is 32.7 Å². The fourth-order valence-corrected chi connectivity index (χ4v) is 7.10. The van der Waals surface area contributed by atoms with Crippen molar-refractivity contribution >= 4 is 68.0 Å². The summed E-state index contributed by atoms with van der Waals surface area (Å²) in [5, 5.41) is 8.61. The molecule has 0 aliphatic heterocycles. The standard InChI is InChI=1S/C38H40N14O2/c1-15-23(10-45-14-27(15)40)28-4-17-7-31(47-13-25(17)35(43)49-28)52-38(54)22-8-21(22)33(42)34-32(41)16(2)24(11-48-34)29-5-18-6-30(46-12-26(18)36(44)50-29)51-37(53)20-3-19(20)9-39/h4-7,10-14,19-22,33H,3,8-9,39-42H2,1-2H3,(H2,43,49)(H2,44,50)(H,46,51,53)(H,47,52,54)/t19-,20+,21-,22?,33?/m1/s1. The summed E-state index contributed by atoms with van der Waals surface area (Å²) in [4.78, 5) is 52.8. The highest BCUT2D eigenvalue weighted by molar-refractivity contribution is 6.00. The third kappa shape index (κ3) is 6.20. The van der Waals surface area contributed by atoms with Crippen molar-refractivity contribution in [3.8, 4) is 22.5 Å². The molecule has 2 aliphatic rings. The maximum Gasteiger partial charge on any atom is 0.229 e. The van der Waals surface area contributed by atoms with E-state index >= 15 is 0 Å². The van der Waals surface area contributed by atoms with Crippen molar-refractivity contribution in [3.05, 3.63) is 72.1 Å². The van der Waals surface area contributed by atoms with Gasteiger partial charge in [-0.3, -0.25) is 19.6 Å². The molecule has 0 radical (unpaired) electrons. The summed E-state index contributed by atoms with van der Waals surface area (Å²) in [6.45, 7) is 4.25. The summed E-state index contributed by atoms with van der Waals surface area (Å²) < 4.78 is 0. The Morgan fingerprint density at radius 1 is 0.741 bits per heavy atom. The normalized spacial score (nSPS) is 19.4. The molecule has 16 nitrogen and oxygen atoms in total. The van der Waals surface area contributed by atoms with E-state index in [9.17, 15) is 9.59 Å². The first-order valence-corrected chi connectivity index (χ1v) is 17.6. The summed E-state index contributed by atoms with van der Waals surface area (Å²) in [7, 11) is 0. The molecule has 2 unspecified atom stereocenters. The van der Waals surface area contributed by atoms with Gasteiger partial charge in [-0.1, -0.05) is 0 Å². The summed E-state index contributed by atoms with van der Waals surface area (Å²) >= 11 is 0. The van der Waals surface area contributed by atoms with Crippen LogP contribution in [0.25, 0.3) is 44.1 Å². The maximum atomic E-state index is 13.4. The van der Waals surface area contributed by atoms with Gasteiger partial charge in [-0.25, -0.2) is 19.9 Å². The average Bonchev–Trinajstić information content (AvgIpc) is 4.08. The van der Waals surface area contributed by atoms with Gasteiger partial charge in [-0.15, -0.1) is 0 Å². The molecule has 2 amide bonds. The van der Waals surface area contributed by atoms with Crippen molar-refractivity contribution < 1.29 is 9.59 Å². The third-order valence-electron chi connectivity index (χ3n) is 10.7. The zero-order valence-corrected chi connectivity index (χ0v) is 29.7. The van der Waals surface area contributed by atoms with Crippen molar-refractivity contribution in [2.24, 2.45) is 35.1 Å². The van der Waals surface area contributed by atoms with Crippen molar-refractivity contribution in [1.82, 2.24) is 29.9 Å². The van der Waals surface area contributed by atoms with Crippen LogP contribution >= 0.6 is 0 Å². The lowest BCUT2D eigenvalue weighted by molar-refractivity contribution is -0.118. The summed E-state index contributed by atoms with van der Waals surface area (Å²) in [5.41, 5.74) is 43.4. The van der Waals surface area contributed by atoms with Gasteiger partial charge in [0.2, 0.25) is 11.8 Å². The van der Waals surface area contributed by atoms with Gasteiger partial charge in [0.1, 0.15) is 23.3 Å². The average molecular weight is 725 g/mol. The Morgan fingerprint density at radius 3 is 1.89 bits per heavy atom. The maximum absolute atomic E-state index is 13.4. The number of nitrogens with one attached hydrogen (secondary N) is 2. The Hall–Kier alpha value is -6.52. The zero-order valence-electron chi connectivity index (χ0n) is 29.7. The number of hydrogen-bond donors (Lipinski definition) is 8. The number of rotatable bonds is 9. The van der Waals surface area contributed by atoms with Crippen LogP contribution in [-0.4, -0.2) is 48.3 Å². The molecule has 5 atom stereocenters. The molecule has 2 saturated carbocycles. The first kappa shape index (κ1) is 34.6. The van der Waals surface area contributed by atoms with E-state index in [0.717, 1.165) is 33.9 Å². The Bertz CT molecular complexity index is 2520. The van der Waals surface area contributed by atoms with E-state index in [1.807, 2.05) is 26.0 Å². The van der Waals surface area contributed by atoms with Crippen LogP contribution in [-0.2, 0) is 9.59 Å². The van der Waals surface area contributed by atoms with Gasteiger partial charge < -0.3 is 45.0 Å². The molecule has 6 aromatic heterocycles. The molecule has 0 aromatic carbocycles. The van der Waals surface area contributed by atoms with Crippen LogP contribution in [0.15, 0.2) is 55.2 Å². The highest BCUT2D eigenvalue weighted by Crippen LogP contribution is 2.48. The van der Waals surface area contributed by atoms with E-state index < -0.39 is 6.04 Å². The van der Waals surface area contributed by atoms with E-state index in [1.165, 1.54) is 0 Å². The molecule has 0 spiro atoms. The lowest BCUT2D eigenvalue weighted by Crippen LogP contribution is -2.22. The van der Waals surface area contributed by atoms with Crippen LogP contribution in [0.1, 0.15) is 35.7 Å². The largest absolute Gasteiger partial charge is 0.397 e. The topological polar surface area (TPSA) is 292 Å². The Labute approximate surface area is 309 Å². The number of carbonyl (C=O) groups is 2. The molecule has 6 heterocycles. The summed E-state index contributed by atoms with van der Waals surface area (Å²) in [6.07, 6.45) is 9.48. The fourth-order valence-electron chi connectivity index (χ4n) is 7.10. The number of nitrogens with zero attached hydrogens (tertiary/aromatic N) is 6. The third-order valence-corrected chi connectivity index (χ3v) is 10.7. The molecule has 54 heavy (non-hydrogen) atoms. The number of carbonyl (C=O) groups excluding carboxylic acids is 2. The molecule has 16 heteroatoms. The lowest BCUT2D eigenvalue weighted by Gasteiger charge is -2.18. The smallest absolute Gasteiger partial charge is 0.229 e. The second kappa shape index (κ2) is 13.2. The second-order valence-electron chi connectivity index (χ2n) is 14.2. The Balaban J connectivity index is 0.976. The number of hydrogen-bond acceptors (Lipinski definition) is 14. The molecule has 2 aliphatic carbocycles. The molecule has 274 valence electrons. The number of nitrogens with two attached hydrogens (primary N) is 6. The van der Waals surface area contributed by atoms with E-state index in [0.29, 0.717) is 75.2 Å². The predicted octanol–water partition coefficient (Wildman–Crippen LogP) is 3.45. The van der Waals surface area contributed by atoms with Gasteiger partial charge in [-0.05, 0) is 91.2 Å². The fraction of sp³-hybridized carbons (Fsp3) is 0.263. The van der Waals surface area contributed by atoms with Gasteiger partial charge in [-0.2, -0.15) is 0 Å². The molecular weight excluding hydrogens is 685 g/mol. The van der Waals surface area contributed by atoms with Crippen molar-refractivity contribution in [3.63, 3.8) is 0 Å². The molecule has 6 aromatic rings. The monoisotopic (exact) mass is 724 g/mol. The highest BCUT2D eigenvalue weighted by atomic mass is 16.2. The number of fused-ring (bicyclic) bond motifs is 2. The highest BCUT2D eigenvalue weighted by Gasteiger charge is 2.48. The molecule has 0 bridgehead atoms. The van der Waals surface area contributed by atoms with Gasteiger partial charge in [0, 0.05) is 58.5 Å². The van der Waals surface area contributed by atoms with Crippen LogP contribution in [0.3, 0.4) is 0 Å². The second-order valence-corrected chi connectivity index (χ2v) is 14.2. The molecule has 14 N–H and O–H groups in total. The minimum atomic E-state index is -0.584. The number of nitrogen functional groups attached to an aromatic ring is 4. The first-order valence-electron chi connectivity index (χ1n) is 17.6. The van der Waals surface area contributed by atoms with Crippen molar-refractivity contribution in [2.75, 3.05) is 40.1 Å². The summed E-state index contributed by atoms with van der Waals surface area (Å²) in [5.74, 6) is 0.652. The first-order chi connectivity index (χ1) is 25.9. The van der Waals surface area contributed by atoms with Crippen LogP contribution in [0.4, 0.5) is 34.6 Å². The number of anilines is 6. The number of pyridine rings is 6. The van der Waals surface area contributed by atoms with E-state index in [4.69, 9.17) is 34.4 Å². The Kier molecular flexibility index (Phi) is 8.42.